The lowest BCUT2D eigenvalue weighted by molar-refractivity contribution is 0.0851. The number of nitrogens with one attached hydrogen (secondary N) is 1. The molecule has 1 aliphatic rings. The van der Waals surface area contributed by atoms with Crippen molar-refractivity contribution in [2.45, 2.75) is 65.4 Å². The minimum atomic E-state index is -0.124. The summed E-state index contributed by atoms with van der Waals surface area (Å²) in [5, 5.41) is 13.9. The highest BCUT2D eigenvalue weighted by Gasteiger charge is 2.31. The van der Waals surface area contributed by atoms with E-state index in [9.17, 15) is 4.79 Å². The van der Waals surface area contributed by atoms with Crippen LogP contribution in [0.4, 0.5) is 0 Å². The van der Waals surface area contributed by atoms with Crippen LogP contribution in [-0.4, -0.2) is 49.9 Å². The number of H-pyrrole nitrogens is 1. The van der Waals surface area contributed by atoms with Gasteiger partial charge in [-0.3, -0.25) is 9.69 Å². The zero-order chi connectivity index (χ0) is 26.6. The summed E-state index contributed by atoms with van der Waals surface area (Å²) < 4.78 is 13.1. The molecule has 0 amide bonds. The first-order valence-electron chi connectivity index (χ1n) is 13.3. The molecule has 200 valence electrons. The first kappa shape index (κ1) is 26.1. The summed E-state index contributed by atoms with van der Waals surface area (Å²) in [7, 11) is 1.66. The molecule has 5 rings (SSSR count). The van der Waals surface area contributed by atoms with E-state index in [2.05, 4.69) is 63.5 Å². The molecule has 0 spiro atoms. The average Bonchev–Trinajstić information content (AvgIpc) is 3.58. The predicted octanol–water partition coefficient (Wildman–Crippen LogP) is 4.41. The number of hydrogen-bond acceptors (Lipinski definition) is 7. The lowest BCUT2D eigenvalue weighted by Crippen LogP contribution is -2.36. The third-order valence-corrected chi connectivity index (χ3v) is 7.25. The molecule has 4 aromatic rings. The number of pyridine rings is 1. The molecule has 0 radical (unpaired) electrons. The van der Waals surface area contributed by atoms with Gasteiger partial charge in [0.1, 0.15) is 5.75 Å². The molecule has 2 atom stereocenters. The molecule has 9 nitrogen and oxygen atoms in total. The van der Waals surface area contributed by atoms with E-state index in [1.54, 1.807) is 7.11 Å². The highest BCUT2D eigenvalue weighted by atomic mass is 16.5. The molecule has 0 saturated carbocycles. The lowest BCUT2D eigenvalue weighted by Gasteiger charge is -2.33. The molecule has 2 aromatic carbocycles. The van der Waals surface area contributed by atoms with Crippen molar-refractivity contribution in [3.05, 3.63) is 81.4 Å². The number of benzene rings is 2. The fourth-order valence-electron chi connectivity index (χ4n) is 5.33. The van der Waals surface area contributed by atoms with E-state index in [1.807, 2.05) is 35.9 Å². The van der Waals surface area contributed by atoms with E-state index >= 15 is 0 Å². The van der Waals surface area contributed by atoms with Crippen LogP contribution in [0.3, 0.4) is 0 Å². The molecule has 1 N–H and O–H groups in total. The summed E-state index contributed by atoms with van der Waals surface area (Å²) in [5.74, 6) is 1.78. The van der Waals surface area contributed by atoms with Crippen LogP contribution in [0.2, 0.25) is 0 Å². The highest BCUT2D eigenvalue weighted by molar-refractivity contribution is 5.79. The maximum Gasteiger partial charge on any atom is 0.252 e. The summed E-state index contributed by atoms with van der Waals surface area (Å²) in [4.78, 5) is 18.6. The second-order valence-corrected chi connectivity index (χ2v) is 10.5. The molecule has 1 aliphatic heterocycles. The van der Waals surface area contributed by atoms with Crippen LogP contribution in [0.15, 0.2) is 53.3 Å². The molecule has 38 heavy (non-hydrogen) atoms. The van der Waals surface area contributed by atoms with Gasteiger partial charge in [-0.1, -0.05) is 38.1 Å². The van der Waals surface area contributed by atoms with Gasteiger partial charge < -0.3 is 14.5 Å². The second kappa shape index (κ2) is 11.4. The number of tetrazole rings is 1. The molecule has 2 unspecified atom stereocenters. The summed E-state index contributed by atoms with van der Waals surface area (Å²) in [6, 6.07) is 16.1. The Morgan fingerprint density at radius 2 is 1.97 bits per heavy atom. The molecule has 2 aromatic heterocycles. The summed E-state index contributed by atoms with van der Waals surface area (Å²) in [5.41, 5.74) is 3.70. The zero-order valence-corrected chi connectivity index (χ0v) is 22.6. The number of aromatic nitrogens is 5. The van der Waals surface area contributed by atoms with Crippen molar-refractivity contribution in [2.24, 2.45) is 5.92 Å². The van der Waals surface area contributed by atoms with E-state index in [1.165, 1.54) is 0 Å². The molecular formula is C29H36N6O3. The van der Waals surface area contributed by atoms with Gasteiger partial charge in [-0.25, -0.2) is 4.68 Å². The molecule has 9 heteroatoms. The zero-order valence-electron chi connectivity index (χ0n) is 22.6. The largest absolute Gasteiger partial charge is 0.497 e. The first-order chi connectivity index (χ1) is 18.4. The van der Waals surface area contributed by atoms with E-state index in [0.717, 1.165) is 53.1 Å². The second-order valence-electron chi connectivity index (χ2n) is 10.5. The number of rotatable bonds is 10. The van der Waals surface area contributed by atoms with Crippen LogP contribution in [0, 0.1) is 12.8 Å². The highest BCUT2D eigenvalue weighted by Crippen LogP contribution is 2.31. The van der Waals surface area contributed by atoms with E-state index in [0.29, 0.717) is 25.2 Å². The van der Waals surface area contributed by atoms with Gasteiger partial charge in [-0.05, 0) is 76.9 Å². The van der Waals surface area contributed by atoms with Crippen LogP contribution < -0.4 is 10.3 Å². The van der Waals surface area contributed by atoms with Crippen molar-refractivity contribution < 1.29 is 9.47 Å². The Morgan fingerprint density at radius 1 is 1.16 bits per heavy atom. The van der Waals surface area contributed by atoms with Crippen LogP contribution >= 0.6 is 0 Å². The van der Waals surface area contributed by atoms with Gasteiger partial charge in [0.2, 0.25) is 0 Å². The third kappa shape index (κ3) is 5.79. The van der Waals surface area contributed by atoms with E-state index in [-0.39, 0.29) is 23.6 Å². The Balaban J connectivity index is 1.52. The van der Waals surface area contributed by atoms with Crippen LogP contribution in [0.25, 0.3) is 10.9 Å². The topological polar surface area (TPSA) is 98.2 Å². The van der Waals surface area contributed by atoms with Crippen molar-refractivity contribution in [3.63, 3.8) is 0 Å². The number of nitrogens with zero attached hydrogens (tertiary/aromatic N) is 5. The Kier molecular flexibility index (Phi) is 7.85. The van der Waals surface area contributed by atoms with Crippen molar-refractivity contribution in [1.29, 1.82) is 0 Å². The number of aryl methyl sites for hydroxylation is 1. The fraction of sp³-hybridized carbons (Fsp3) is 0.448. The molecule has 0 aliphatic carbocycles. The summed E-state index contributed by atoms with van der Waals surface area (Å²) in [6.45, 7) is 8.83. The van der Waals surface area contributed by atoms with Crippen molar-refractivity contribution in [3.8, 4) is 5.75 Å². The first-order valence-corrected chi connectivity index (χ1v) is 13.3. The number of aromatic amines is 1. The predicted molar refractivity (Wildman–Crippen MR) is 146 cm³/mol. The lowest BCUT2D eigenvalue weighted by atomic mass is 9.99. The Labute approximate surface area is 222 Å². The van der Waals surface area contributed by atoms with Crippen LogP contribution in [0.5, 0.6) is 5.75 Å². The Hall–Kier alpha value is -3.56. The minimum Gasteiger partial charge on any atom is -0.497 e. The number of hydrogen-bond donors (Lipinski definition) is 1. The van der Waals surface area contributed by atoms with Crippen molar-refractivity contribution in [2.75, 3.05) is 13.7 Å². The van der Waals surface area contributed by atoms with Crippen LogP contribution in [0.1, 0.15) is 55.2 Å². The number of ether oxygens (including phenoxy) is 2. The quantitative estimate of drug-likeness (QED) is 0.333. The third-order valence-electron chi connectivity index (χ3n) is 7.25. The van der Waals surface area contributed by atoms with Crippen molar-refractivity contribution >= 4 is 10.9 Å². The molecule has 0 bridgehead atoms. The Bertz CT molecular complexity index is 1420. The van der Waals surface area contributed by atoms with Gasteiger partial charge in [0, 0.05) is 30.8 Å². The monoisotopic (exact) mass is 516 g/mol. The maximum atomic E-state index is 13.2. The summed E-state index contributed by atoms with van der Waals surface area (Å²) >= 11 is 0. The van der Waals surface area contributed by atoms with Gasteiger partial charge in [-0.15, -0.1) is 5.10 Å². The Morgan fingerprint density at radius 3 is 2.68 bits per heavy atom. The smallest absolute Gasteiger partial charge is 0.252 e. The molecule has 1 saturated heterocycles. The minimum absolute atomic E-state index is 0.0794. The fourth-order valence-corrected chi connectivity index (χ4v) is 5.33. The average molecular weight is 517 g/mol. The molecule has 1 fully saturated rings. The number of methoxy groups -OCH3 is 1. The number of fused-ring (bicyclic) bond motifs is 1. The van der Waals surface area contributed by atoms with Crippen LogP contribution in [-0.2, 0) is 24.4 Å². The van der Waals surface area contributed by atoms with Crippen molar-refractivity contribution in [1.82, 2.24) is 30.1 Å². The van der Waals surface area contributed by atoms with E-state index < -0.39 is 0 Å². The molecular weight excluding hydrogens is 480 g/mol. The standard InChI is InChI=1S/C29H36N6O3/c1-19(2)27(28-31-32-33-35(28)18-25-6-5-13-38-25)34(16-21-8-11-24(37-4)12-9-21)17-23-15-22-10-7-20(3)14-26(22)30-29(23)36/h7-12,14-15,19,25,27H,5-6,13,16-18H2,1-4H3,(H,30,36). The maximum absolute atomic E-state index is 13.2. The van der Waals surface area contributed by atoms with E-state index in [4.69, 9.17) is 9.47 Å². The van der Waals surface area contributed by atoms with Gasteiger partial charge in [0.05, 0.1) is 25.8 Å². The van der Waals surface area contributed by atoms with Gasteiger partial charge >= 0.3 is 0 Å². The van der Waals surface area contributed by atoms with Gasteiger partial charge in [0.15, 0.2) is 5.82 Å². The summed E-state index contributed by atoms with van der Waals surface area (Å²) in [6.07, 6.45) is 2.18. The van der Waals surface area contributed by atoms with Gasteiger partial charge in [0.25, 0.3) is 5.56 Å². The SMILES string of the molecule is COc1ccc(CN(Cc2cc3ccc(C)cc3[nH]c2=O)C(c2nnnn2CC2CCCO2)C(C)C)cc1. The molecule has 3 heterocycles. The normalized spacial score (nSPS) is 16.5. The van der Waals surface area contributed by atoms with Gasteiger partial charge in [-0.2, -0.15) is 0 Å².